The molecule has 1 aliphatic carbocycles. The predicted molar refractivity (Wildman–Crippen MR) is 110 cm³/mol. The molecule has 2 aliphatic rings. The van der Waals surface area contributed by atoms with Gasteiger partial charge in [0.15, 0.2) is 0 Å². The van der Waals surface area contributed by atoms with Gasteiger partial charge in [0.25, 0.3) is 0 Å². The number of ether oxygens (including phenoxy) is 1. The fourth-order valence-electron chi connectivity index (χ4n) is 3.78. The Bertz CT molecular complexity index is 1040. The molecule has 1 aliphatic heterocycles. The molecule has 0 radical (unpaired) electrons. The standard InChI is InChI=1S/C23H24N4O2/c28-22(17-1-2-17)11-23-25-14-19-4-3-18(10-21(19)26-23)20-9-16(12-24-13-20)15-27-5-7-29-8-6-27/h3-4,9-10,12-14,17H,1-2,5-8,11,15H2. The normalized spacial score (nSPS) is 17.5. The second-order valence-corrected chi connectivity index (χ2v) is 7.95. The van der Waals surface area contributed by atoms with Gasteiger partial charge in [0.1, 0.15) is 11.6 Å². The highest BCUT2D eigenvalue weighted by atomic mass is 16.5. The van der Waals surface area contributed by atoms with Crippen molar-refractivity contribution in [1.82, 2.24) is 19.9 Å². The minimum Gasteiger partial charge on any atom is -0.379 e. The van der Waals surface area contributed by atoms with Crippen molar-refractivity contribution < 1.29 is 9.53 Å². The van der Waals surface area contributed by atoms with Gasteiger partial charge >= 0.3 is 0 Å². The highest BCUT2D eigenvalue weighted by Crippen LogP contribution is 2.31. The van der Waals surface area contributed by atoms with E-state index in [1.54, 1.807) is 0 Å². The molecule has 0 amide bonds. The molecule has 1 saturated carbocycles. The van der Waals surface area contributed by atoms with Crippen molar-refractivity contribution in [3.8, 4) is 11.1 Å². The molecule has 1 aromatic carbocycles. The molecule has 3 aromatic rings. The Morgan fingerprint density at radius 2 is 1.93 bits per heavy atom. The molecule has 29 heavy (non-hydrogen) atoms. The fraction of sp³-hybridized carbons (Fsp3) is 0.391. The molecule has 0 bridgehead atoms. The summed E-state index contributed by atoms with van der Waals surface area (Å²) in [5.41, 5.74) is 4.22. The number of morpholine rings is 1. The zero-order valence-electron chi connectivity index (χ0n) is 16.4. The molecule has 148 valence electrons. The van der Waals surface area contributed by atoms with Gasteiger partial charge in [-0.25, -0.2) is 9.97 Å². The van der Waals surface area contributed by atoms with E-state index in [9.17, 15) is 4.79 Å². The highest BCUT2D eigenvalue weighted by molar-refractivity contribution is 5.86. The molecule has 2 fully saturated rings. The number of pyridine rings is 1. The number of nitrogens with zero attached hydrogens (tertiary/aromatic N) is 4. The fourth-order valence-corrected chi connectivity index (χ4v) is 3.78. The van der Waals surface area contributed by atoms with E-state index in [0.29, 0.717) is 12.2 Å². The van der Waals surface area contributed by atoms with E-state index in [2.05, 4.69) is 38.1 Å². The summed E-state index contributed by atoms with van der Waals surface area (Å²) >= 11 is 0. The summed E-state index contributed by atoms with van der Waals surface area (Å²) < 4.78 is 5.43. The monoisotopic (exact) mass is 388 g/mol. The Kier molecular flexibility index (Phi) is 5.04. The van der Waals surface area contributed by atoms with Crippen LogP contribution in [-0.2, 0) is 22.5 Å². The van der Waals surface area contributed by atoms with Gasteiger partial charge in [0.05, 0.1) is 25.2 Å². The number of fused-ring (bicyclic) bond motifs is 1. The minimum absolute atomic E-state index is 0.237. The molecule has 0 N–H and O–H groups in total. The van der Waals surface area contributed by atoms with Crippen LogP contribution in [-0.4, -0.2) is 51.9 Å². The van der Waals surface area contributed by atoms with Crippen LogP contribution in [0.15, 0.2) is 42.9 Å². The number of benzene rings is 1. The van der Waals surface area contributed by atoms with Crippen molar-refractivity contribution in [3.05, 3.63) is 54.2 Å². The smallest absolute Gasteiger partial charge is 0.143 e. The molecule has 2 aromatic heterocycles. The third-order valence-electron chi connectivity index (χ3n) is 5.64. The Morgan fingerprint density at radius 3 is 2.76 bits per heavy atom. The molecular formula is C23H24N4O2. The summed E-state index contributed by atoms with van der Waals surface area (Å²) in [6.45, 7) is 4.39. The second-order valence-electron chi connectivity index (χ2n) is 7.95. The average Bonchev–Trinajstić information content (AvgIpc) is 3.60. The van der Waals surface area contributed by atoms with Crippen LogP contribution in [0.1, 0.15) is 24.2 Å². The van der Waals surface area contributed by atoms with E-state index in [1.807, 2.05) is 24.7 Å². The van der Waals surface area contributed by atoms with Gasteiger partial charge in [-0.2, -0.15) is 0 Å². The van der Waals surface area contributed by atoms with Crippen molar-refractivity contribution in [2.45, 2.75) is 25.8 Å². The van der Waals surface area contributed by atoms with Crippen LogP contribution in [0, 0.1) is 5.92 Å². The Balaban J connectivity index is 1.38. The van der Waals surface area contributed by atoms with Gasteiger partial charge in [-0.1, -0.05) is 12.1 Å². The van der Waals surface area contributed by atoms with Crippen molar-refractivity contribution in [2.24, 2.45) is 5.92 Å². The van der Waals surface area contributed by atoms with Gasteiger partial charge in [-0.15, -0.1) is 0 Å². The van der Waals surface area contributed by atoms with E-state index in [4.69, 9.17) is 4.74 Å². The summed E-state index contributed by atoms with van der Waals surface area (Å²) in [5.74, 6) is 1.12. The SMILES string of the molecule is O=C(Cc1ncc2ccc(-c3cncc(CN4CCOCC4)c3)cc2n1)C1CC1. The van der Waals surface area contributed by atoms with E-state index >= 15 is 0 Å². The van der Waals surface area contributed by atoms with Crippen molar-refractivity contribution in [1.29, 1.82) is 0 Å². The van der Waals surface area contributed by atoms with Crippen molar-refractivity contribution >= 4 is 16.7 Å². The molecule has 1 saturated heterocycles. The summed E-state index contributed by atoms with van der Waals surface area (Å²) in [7, 11) is 0. The minimum atomic E-state index is 0.237. The predicted octanol–water partition coefficient (Wildman–Crippen LogP) is 3.05. The number of carbonyl (C=O) groups is 1. The topological polar surface area (TPSA) is 68.2 Å². The van der Waals surface area contributed by atoms with Crippen LogP contribution in [0.3, 0.4) is 0 Å². The lowest BCUT2D eigenvalue weighted by molar-refractivity contribution is -0.119. The van der Waals surface area contributed by atoms with Crippen LogP contribution in [0.5, 0.6) is 0 Å². The number of ketones is 1. The van der Waals surface area contributed by atoms with Crippen molar-refractivity contribution in [2.75, 3.05) is 26.3 Å². The first-order chi connectivity index (χ1) is 14.2. The zero-order valence-corrected chi connectivity index (χ0v) is 16.4. The Hall–Kier alpha value is -2.70. The quantitative estimate of drug-likeness (QED) is 0.647. The largest absolute Gasteiger partial charge is 0.379 e. The lowest BCUT2D eigenvalue weighted by Crippen LogP contribution is -2.35. The summed E-state index contributed by atoms with van der Waals surface area (Å²) in [4.78, 5) is 28.0. The number of rotatable bonds is 6. The van der Waals surface area contributed by atoms with Gasteiger partial charge in [-0.05, 0) is 36.1 Å². The lowest BCUT2D eigenvalue weighted by Gasteiger charge is -2.26. The average molecular weight is 388 g/mol. The third kappa shape index (κ3) is 4.33. The van der Waals surface area contributed by atoms with Crippen LogP contribution in [0.2, 0.25) is 0 Å². The maximum Gasteiger partial charge on any atom is 0.143 e. The first kappa shape index (κ1) is 18.3. The van der Waals surface area contributed by atoms with Gasteiger partial charge in [-0.3, -0.25) is 14.7 Å². The maximum atomic E-state index is 12.1. The van der Waals surface area contributed by atoms with Crippen LogP contribution >= 0.6 is 0 Å². The molecule has 3 heterocycles. The molecule has 6 heteroatoms. The molecule has 0 spiro atoms. The summed E-state index contributed by atoms with van der Waals surface area (Å²) in [6.07, 6.45) is 8.01. The molecule has 0 unspecified atom stereocenters. The first-order valence-corrected chi connectivity index (χ1v) is 10.3. The van der Waals surface area contributed by atoms with E-state index in [0.717, 1.165) is 67.7 Å². The molecule has 5 rings (SSSR count). The van der Waals surface area contributed by atoms with Crippen molar-refractivity contribution in [3.63, 3.8) is 0 Å². The number of hydrogen-bond acceptors (Lipinski definition) is 6. The second kappa shape index (κ2) is 7.97. The Morgan fingerprint density at radius 1 is 1.07 bits per heavy atom. The van der Waals surface area contributed by atoms with E-state index in [-0.39, 0.29) is 11.7 Å². The van der Waals surface area contributed by atoms with Crippen LogP contribution in [0.4, 0.5) is 0 Å². The number of aromatic nitrogens is 3. The molecular weight excluding hydrogens is 364 g/mol. The third-order valence-corrected chi connectivity index (χ3v) is 5.64. The first-order valence-electron chi connectivity index (χ1n) is 10.3. The van der Waals surface area contributed by atoms with E-state index < -0.39 is 0 Å². The van der Waals surface area contributed by atoms with Gasteiger partial charge in [0, 0.05) is 55.1 Å². The highest BCUT2D eigenvalue weighted by Gasteiger charge is 2.29. The number of carbonyl (C=O) groups excluding carboxylic acids is 1. The van der Waals surface area contributed by atoms with E-state index in [1.165, 1.54) is 5.56 Å². The maximum absolute atomic E-state index is 12.1. The zero-order chi connectivity index (χ0) is 19.6. The lowest BCUT2D eigenvalue weighted by atomic mass is 10.0. The van der Waals surface area contributed by atoms with Gasteiger partial charge in [0.2, 0.25) is 0 Å². The number of Topliss-reactive ketones (excluding diaryl/α,β-unsaturated/α-hetero) is 1. The van der Waals surface area contributed by atoms with Crippen LogP contribution < -0.4 is 0 Å². The summed E-state index contributed by atoms with van der Waals surface area (Å²) in [6, 6.07) is 8.38. The van der Waals surface area contributed by atoms with Gasteiger partial charge < -0.3 is 4.74 Å². The van der Waals surface area contributed by atoms with Crippen LogP contribution in [0.25, 0.3) is 22.0 Å². The Labute approximate surface area is 170 Å². The molecule has 0 atom stereocenters. The molecule has 6 nitrogen and oxygen atoms in total. The number of hydrogen-bond donors (Lipinski definition) is 0. The summed E-state index contributed by atoms with van der Waals surface area (Å²) in [5, 5.41) is 0.980.